The molecule has 0 saturated heterocycles. The molecule has 0 amide bonds. The van der Waals surface area contributed by atoms with Crippen LogP contribution in [0.3, 0.4) is 0 Å². The maximum Gasteiger partial charge on any atom is 0.0690 e. The first-order chi connectivity index (χ1) is 8.42. The van der Waals surface area contributed by atoms with E-state index in [1.807, 2.05) is 29.1 Å². The molecule has 0 saturated carbocycles. The highest BCUT2D eigenvalue weighted by Gasteiger charge is 2.03. The van der Waals surface area contributed by atoms with Crippen LogP contribution in [0.15, 0.2) is 42.7 Å². The highest BCUT2D eigenvalue weighted by atomic mass is 16.3. The van der Waals surface area contributed by atoms with Crippen LogP contribution in [-0.2, 0) is 6.54 Å². The monoisotopic (exact) mass is 231 g/mol. The van der Waals surface area contributed by atoms with E-state index in [1.165, 1.54) is 5.56 Å². The third-order valence-corrected chi connectivity index (χ3v) is 2.57. The van der Waals surface area contributed by atoms with Gasteiger partial charge >= 0.3 is 0 Å². The van der Waals surface area contributed by atoms with Gasteiger partial charge in [-0.05, 0) is 30.7 Å². The molecular weight excluding hydrogens is 214 g/mol. The average Bonchev–Trinajstić information content (AvgIpc) is 2.89. The van der Waals surface area contributed by atoms with Crippen LogP contribution < -0.4 is 5.32 Å². The van der Waals surface area contributed by atoms with Gasteiger partial charge in [0.15, 0.2) is 0 Å². The van der Waals surface area contributed by atoms with Crippen molar-refractivity contribution >= 4 is 0 Å². The molecule has 0 aliphatic rings. The fourth-order valence-electron chi connectivity index (χ4n) is 1.72. The van der Waals surface area contributed by atoms with Gasteiger partial charge in [-0.3, -0.25) is 0 Å². The Balaban J connectivity index is 2.06. The summed E-state index contributed by atoms with van der Waals surface area (Å²) in [6.45, 7) is 1.84. The first-order valence-corrected chi connectivity index (χ1v) is 5.81. The third kappa shape index (κ3) is 3.15. The van der Waals surface area contributed by atoms with Crippen molar-refractivity contribution < 1.29 is 5.11 Å². The zero-order valence-electron chi connectivity index (χ0n) is 9.71. The lowest BCUT2D eigenvalue weighted by Gasteiger charge is -2.10. The van der Waals surface area contributed by atoms with Crippen molar-refractivity contribution in [2.75, 3.05) is 13.2 Å². The number of aliphatic hydroxyl groups excluding tert-OH is 1. The molecule has 0 fully saturated rings. The van der Waals surface area contributed by atoms with Crippen molar-refractivity contribution in [3.63, 3.8) is 0 Å². The number of nitrogens with zero attached hydrogens (tertiary/aromatic N) is 2. The standard InChI is InChI=1S/C13H17N3O/c17-10-4-7-14-11-12-5-1-2-6-13(12)16-9-3-8-15-16/h1-3,5-6,8-9,14,17H,4,7,10-11H2. The normalized spacial score (nSPS) is 10.6. The van der Waals surface area contributed by atoms with Crippen molar-refractivity contribution in [3.05, 3.63) is 48.3 Å². The van der Waals surface area contributed by atoms with Crippen LogP contribution in [0.2, 0.25) is 0 Å². The molecule has 0 bridgehead atoms. The molecule has 0 spiro atoms. The van der Waals surface area contributed by atoms with E-state index in [1.54, 1.807) is 6.20 Å². The van der Waals surface area contributed by atoms with Crippen molar-refractivity contribution in [2.24, 2.45) is 0 Å². The second kappa shape index (κ2) is 6.18. The summed E-state index contributed by atoms with van der Waals surface area (Å²) < 4.78 is 1.86. The Labute approximate surface area is 101 Å². The van der Waals surface area contributed by atoms with Gasteiger partial charge in [0.05, 0.1) is 5.69 Å². The molecule has 4 heteroatoms. The van der Waals surface area contributed by atoms with E-state index < -0.39 is 0 Å². The minimum atomic E-state index is 0.230. The topological polar surface area (TPSA) is 50.1 Å². The zero-order valence-corrected chi connectivity index (χ0v) is 9.71. The molecule has 0 aliphatic carbocycles. The largest absolute Gasteiger partial charge is 0.396 e. The van der Waals surface area contributed by atoms with Gasteiger partial charge in [0.1, 0.15) is 0 Å². The smallest absolute Gasteiger partial charge is 0.0690 e. The van der Waals surface area contributed by atoms with Crippen molar-refractivity contribution in [3.8, 4) is 5.69 Å². The summed E-state index contributed by atoms with van der Waals surface area (Å²) in [7, 11) is 0. The Morgan fingerprint density at radius 3 is 2.88 bits per heavy atom. The number of para-hydroxylation sites is 1. The SMILES string of the molecule is OCCCNCc1ccccc1-n1cccn1. The van der Waals surface area contributed by atoms with E-state index >= 15 is 0 Å². The summed E-state index contributed by atoms with van der Waals surface area (Å²) in [6, 6.07) is 10.1. The van der Waals surface area contributed by atoms with Gasteiger partial charge in [0.2, 0.25) is 0 Å². The summed E-state index contributed by atoms with van der Waals surface area (Å²) in [5.74, 6) is 0. The van der Waals surface area contributed by atoms with Crippen molar-refractivity contribution in [2.45, 2.75) is 13.0 Å². The van der Waals surface area contributed by atoms with Crippen molar-refractivity contribution in [1.29, 1.82) is 0 Å². The predicted molar refractivity (Wildman–Crippen MR) is 67.0 cm³/mol. The number of benzene rings is 1. The van der Waals surface area contributed by atoms with Crippen molar-refractivity contribution in [1.82, 2.24) is 15.1 Å². The summed E-state index contributed by atoms with van der Waals surface area (Å²) in [6.07, 6.45) is 4.49. The summed E-state index contributed by atoms with van der Waals surface area (Å²) >= 11 is 0. The Kier molecular flexibility index (Phi) is 4.30. The lowest BCUT2D eigenvalue weighted by molar-refractivity contribution is 0.286. The average molecular weight is 231 g/mol. The maximum atomic E-state index is 8.71. The number of aliphatic hydroxyl groups is 1. The molecule has 0 unspecified atom stereocenters. The molecule has 17 heavy (non-hydrogen) atoms. The summed E-state index contributed by atoms with van der Waals surface area (Å²) in [5.41, 5.74) is 2.29. The van der Waals surface area contributed by atoms with Gasteiger partial charge in [0, 0.05) is 25.5 Å². The molecule has 2 N–H and O–H groups in total. The molecule has 90 valence electrons. The number of rotatable bonds is 6. The highest BCUT2D eigenvalue weighted by molar-refractivity contribution is 5.40. The molecule has 0 atom stereocenters. The van der Waals surface area contributed by atoms with Gasteiger partial charge in [-0.2, -0.15) is 5.10 Å². The van der Waals surface area contributed by atoms with Gasteiger partial charge in [0.25, 0.3) is 0 Å². The van der Waals surface area contributed by atoms with E-state index in [9.17, 15) is 0 Å². The van der Waals surface area contributed by atoms with E-state index in [-0.39, 0.29) is 6.61 Å². The number of aromatic nitrogens is 2. The Morgan fingerprint density at radius 2 is 2.12 bits per heavy atom. The first-order valence-electron chi connectivity index (χ1n) is 5.81. The van der Waals surface area contributed by atoms with Crippen LogP contribution in [0.4, 0.5) is 0 Å². The second-order valence-electron chi connectivity index (χ2n) is 3.83. The van der Waals surface area contributed by atoms with Crippen LogP contribution in [0.1, 0.15) is 12.0 Å². The van der Waals surface area contributed by atoms with Crippen LogP contribution in [0.5, 0.6) is 0 Å². The minimum Gasteiger partial charge on any atom is -0.396 e. The fraction of sp³-hybridized carbons (Fsp3) is 0.308. The van der Waals surface area contributed by atoms with E-state index in [0.717, 1.165) is 25.2 Å². The molecule has 1 aromatic heterocycles. The molecule has 0 aliphatic heterocycles. The Hall–Kier alpha value is -1.65. The lowest BCUT2D eigenvalue weighted by Crippen LogP contribution is -2.17. The lowest BCUT2D eigenvalue weighted by atomic mass is 10.2. The maximum absolute atomic E-state index is 8.71. The molecule has 1 heterocycles. The highest BCUT2D eigenvalue weighted by Crippen LogP contribution is 2.12. The molecule has 1 aromatic carbocycles. The van der Waals surface area contributed by atoms with Gasteiger partial charge < -0.3 is 10.4 Å². The summed E-state index contributed by atoms with van der Waals surface area (Å²) in [4.78, 5) is 0. The number of nitrogens with one attached hydrogen (secondary N) is 1. The van der Waals surface area contributed by atoms with Crippen LogP contribution in [0, 0.1) is 0 Å². The molecule has 4 nitrogen and oxygen atoms in total. The molecule has 2 aromatic rings. The first kappa shape index (κ1) is 11.8. The quantitative estimate of drug-likeness (QED) is 0.738. The van der Waals surface area contributed by atoms with Gasteiger partial charge in [-0.1, -0.05) is 18.2 Å². The fourth-order valence-corrected chi connectivity index (χ4v) is 1.72. The van der Waals surface area contributed by atoms with E-state index in [2.05, 4.69) is 22.5 Å². The molecule has 2 rings (SSSR count). The second-order valence-corrected chi connectivity index (χ2v) is 3.83. The Morgan fingerprint density at radius 1 is 1.24 bits per heavy atom. The van der Waals surface area contributed by atoms with Crippen LogP contribution in [0.25, 0.3) is 5.69 Å². The van der Waals surface area contributed by atoms with E-state index in [4.69, 9.17) is 5.11 Å². The number of hydrogen-bond acceptors (Lipinski definition) is 3. The van der Waals surface area contributed by atoms with Gasteiger partial charge in [-0.25, -0.2) is 4.68 Å². The summed E-state index contributed by atoms with van der Waals surface area (Å²) in [5, 5.41) is 16.3. The Bertz CT molecular complexity index is 440. The van der Waals surface area contributed by atoms with E-state index in [0.29, 0.717) is 0 Å². The third-order valence-electron chi connectivity index (χ3n) is 2.57. The molecular formula is C13H17N3O. The predicted octanol–water partition coefficient (Wildman–Crippen LogP) is 1.34. The van der Waals surface area contributed by atoms with Gasteiger partial charge in [-0.15, -0.1) is 0 Å². The van der Waals surface area contributed by atoms with Crippen LogP contribution >= 0.6 is 0 Å². The number of hydrogen-bond donors (Lipinski definition) is 2. The minimum absolute atomic E-state index is 0.230. The zero-order chi connectivity index (χ0) is 11.9. The molecule has 0 radical (unpaired) electrons. The van der Waals surface area contributed by atoms with Crippen LogP contribution in [-0.4, -0.2) is 28.0 Å².